The van der Waals surface area contributed by atoms with Gasteiger partial charge >= 0.3 is 0 Å². The Morgan fingerprint density at radius 1 is 1.11 bits per heavy atom. The van der Waals surface area contributed by atoms with Gasteiger partial charge in [-0.05, 0) is 75.1 Å². The minimum atomic E-state index is -0.476. The Morgan fingerprint density at radius 3 is 2.70 bits per heavy atom. The molecule has 0 radical (unpaired) electrons. The quantitative estimate of drug-likeness (QED) is 0.295. The third kappa shape index (κ3) is 6.15. The molecule has 6 rings (SSSR count). The first-order chi connectivity index (χ1) is 21.3. The summed E-state index contributed by atoms with van der Waals surface area (Å²) >= 11 is 0. The summed E-state index contributed by atoms with van der Waals surface area (Å²) < 4.78 is 20.5. The summed E-state index contributed by atoms with van der Waals surface area (Å²) in [6.45, 7) is 3.43. The van der Waals surface area contributed by atoms with Crippen LogP contribution in [-0.4, -0.2) is 86.8 Å². The van der Waals surface area contributed by atoms with Gasteiger partial charge in [-0.3, -0.25) is 24.6 Å². The summed E-state index contributed by atoms with van der Waals surface area (Å²) in [5.74, 6) is -0.247. The Labute approximate surface area is 255 Å². The van der Waals surface area contributed by atoms with E-state index in [4.69, 9.17) is 4.74 Å². The highest BCUT2D eigenvalue weighted by Crippen LogP contribution is 2.30. The third-order valence-electron chi connectivity index (χ3n) is 8.73. The molecule has 2 aromatic heterocycles. The second-order valence-corrected chi connectivity index (χ2v) is 11.7. The van der Waals surface area contributed by atoms with Gasteiger partial charge in [0.1, 0.15) is 17.3 Å². The number of aliphatic hydroxyl groups excluding tert-OH is 1. The number of likely N-dealkylation sites (tertiary alicyclic amines) is 2. The zero-order chi connectivity index (χ0) is 30.8. The van der Waals surface area contributed by atoms with E-state index in [1.807, 2.05) is 36.1 Å². The molecule has 0 spiro atoms. The molecule has 44 heavy (non-hydrogen) atoms. The number of H-pyrrole nitrogens is 1. The van der Waals surface area contributed by atoms with Gasteiger partial charge in [-0.25, -0.2) is 4.39 Å². The average Bonchev–Trinajstić information content (AvgIpc) is 3.46. The maximum atomic E-state index is 15.0. The van der Waals surface area contributed by atoms with Crippen LogP contribution in [0.1, 0.15) is 47.3 Å². The van der Waals surface area contributed by atoms with Crippen molar-refractivity contribution in [1.29, 1.82) is 0 Å². The van der Waals surface area contributed by atoms with E-state index in [2.05, 4.69) is 20.5 Å². The number of hydrogen-bond acceptors (Lipinski definition) is 7. The molecular weight excluding hydrogens is 563 g/mol. The van der Waals surface area contributed by atoms with Crippen molar-refractivity contribution >= 4 is 22.7 Å². The van der Waals surface area contributed by atoms with Crippen molar-refractivity contribution < 1.29 is 23.8 Å². The van der Waals surface area contributed by atoms with Crippen molar-refractivity contribution in [2.24, 2.45) is 0 Å². The maximum Gasteiger partial charge on any atom is 0.251 e. The number of aliphatic hydroxyl groups is 1. The second kappa shape index (κ2) is 12.7. The van der Waals surface area contributed by atoms with Crippen LogP contribution in [0.15, 0.2) is 54.7 Å². The summed E-state index contributed by atoms with van der Waals surface area (Å²) in [7, 11) is 1.50. The van der Waals surface area contributed by atoms with E-state index >= 15 is 4.39 Å². The van der Waals surface area contributed by atoms with Crippen LogP contribution in [0.5, 0.6) is 5.75 Å². The number of halogens is 1. The monoisotopic (exact) mass is 600 g/mol. The normalized spacial score (nSPS) is 19.7. The van der Waals surface area contributed by atoms with Crippen LogP contribution in [-0.2, 0) is 11.3 Å². The van der Waals surface area contributed by atoms with E-state index in [1.165, 1.54) is 13.2 Å². The van der Waals surface area contributed by atoms with E-state index in [0.29, 0.717) is 62.2 Å². The number of carbonyl (C=O) groups excluding carboxylic acids is 2. The topological polar surface area (TPSA) is 124 Å². The van der Waals surface area contributed by atoms with Crippen LogP contribution < -0.4 is 10.1 Å². The first kappa shape index (κ1) is 29.7. The number of pyridine rings is 1. The molecule has 2 aliphatic heterocycles. The molecule has 230 valence electrons. The molecule has 2 fully saturated rings. The highest BCUT2D eigenvalue weighted by molar-refractivity contribution is 6.01. The van der Waals surface area contributed by atoms with Gasteiger partial charge in [0.05, 0.1) is 24.8 Å². The number of benzene rings is 2. The molecule has 2 atom stereocenters. The van der Waals surface area contributed by atoms with Crippen LogP contribution in [0.3, 0.4) is 0 Å². The number of amides is 2. The number of rotatable bonds is 7. The third-order valence-corrected chi connectivity index (χ3v) is 8.73. The Hall–Kier alpha value is -4.35. The van der Waals surface area contributed by atoms with E-state index in [0.717, 1.165) is 27.9 Å². The van der Waals surface area contributed by atoms with Crippen LogP contribution in [0, 0.1) is 12.7 Å². The summed E-state index contributed by atoms with van der Waals surface area (Å²) in [4.78, 5) is 35.3. The van der Waals surface area contributed by atoms with E-state index < -0.39 is 18.0 Å². The number of hydrogen-bond donors (Lipinski definition) is 3. The largest absolute Gasteiger partial charge is 0.496 e. The van der Waals surface area contributed by atoms with Gasteiger partial charge in [-0.1, -0.05) is 6.07 Å². The average molecular weight is 601 g/mol. The molecular formula is C33H37FN6O4. The summed E-state index contributed by atoms with van der Waals surface area (Å²) in [6.07, 6.45) is 3.53. The zero-order valence-corrected chi connectivity index (χ0v) is 24.9. The number of aromatic amines is 1. The smallest absolute Gasteiger partial charge is 0.251 e. The van der Waals surface area contributed by atoms with Crippen LogP contribution in [0.4, 0.5) is 4.39 Å². The Kier molecular flexibility index (Phi) is 8.58. The molecule has 10 nitrogen and oxygen atoms in total. The maximum absolute atomic E-state index is 15.0. The molecule has 2 unspecified atom stereocenters. The number of ether oxygens (including phenoxy) is 1. The SMILES string of the molecule is COc1cccc(F)c1CN1CC(NC(=O)c2ccc3[nH]nc(-c4ccnc(C)c4)c3c2)CCC1C(=O)N1CCC(O)CC1. The highest BCUT2D eigenvalue weighted by atomic mass is 19.1. The number of fused-ring (bicyclic) bond motifs is 1. The number of piperidine rings is 2. The van der Waals surface area contributed by atoms with Gasteiger partial charge in [0.2, 0.25) is 5.91 Å². The lowest BCUT2D eigenvalue weighted by Gasteiger charge is -2.42. The predicted octanol–water partition coefficient (Wildman–Crippen LogP) is 3.83. The van der Waals surface area contributed by atoms with Gasteiger partial charge in [0, 0.05) is 66.2 Å². The second-order valence-electron chi connectivity index (χ2n) is 11.7. The Bertz CT molecular complexity index is 1670. The lowest BCUT2D eigenvalue weighted by atomic mass is 9.94. The first-order valence-corrected chi connectivity index (χ1v) is 15.0. The molecule has 0 aliphatic carbocycles. The minimum absolute atomic E-state index is 0.0266. The van der Waals surface area contributed by atoms with Gasteiger partial charge < -0.3 is 20.1 Å². The van der Waals surface area contributed by atoms with Gasteiger partial charge in [0.25, 0.3) is 5.91 Å². The predicted molar refractivity (Wildman–Crippen MR) is 164 cm³/mol. The Morgan fingerprint density at radius 2 is 1.93 bits per heavy atom. The van der Waals surface area contributed by atoms with Crippen molar-refractivity contribution in [3.05, 3.63) is 77.4 Å². The summed E-state index contributed by atoms with van der Waals surface area (Å²) in [5, 5.41) is 21.5. The number of nitrogens with zero attached hydrogens (tertiary/aromatic N) is 4. The molecule has 0 bridgehead atoms. The molecule has 2 aromatic carbocycles. The van der Waals surface area contributed by atoms with Crippen molar-refractivity contribution in [3.63, 3.8) is 0 Å². The Balaban J connectivity index is 1.22. The fraction of sp³-hybridized carbons (Fsp3) is 0.394. The molecule has 0 saturated carbocycles. The molecule has 4 heterocycles. The van der Waals surface area contributed by atoms with Crippen molar-refractivity contribution in [3.8, 4) is 17.0 Å². The van der Waals surface area contributed by atoms with Crippen molar-refractivity contribution in [2.75, 3.05) is 26.7 Å². The van der Waals surface area contributed by atoms with E-state index in [1.54, 1.807) is 29.3 Å². The molecule has 3 N–H and O–H groups in total. The lowest BCUT2D eigenvalue weighted by molar-refractivity contribution is -0.141. The van der Waals surface area contributed by atoms with Crippen molar-refractivity contribution in [2.45, 2.75) is 57.3 Å². The molecule has 2 amide bonds. The molecule has 4 aromatic rings. The summed E-state index contributed by atoms with van der Waals surface area (Å²) in [6, 6.07) is 13.2. The minimum Gasteiger partial charge on any atom is -0.496 e. The number of aryl methyl sites for hydroxylation is 1. The first-order valence-electron chi connectivity index (χ1n) is 15.0. The van der Waals surface area contributed by atoms with Crippen LogP contribution in [0.2, 0.25) is 0 Å². The molecule has 11 heteroatoms. The van der Waals surface area contributed by atoms with E-state index in [-0.39, 0.29) is 24.4 Å². The number of nitrogens with one attached hydrogen (secondary N) is 2. The number of aromatic nitrogens is 3. The van der Waals surface area contributed by atoms with Crippen LogP contribution in [0.25, 0.3) is 22.2 Å². The van der Waals surface area contributed by atoms with Crippen molar-refractivity contribution in [1.82, 2.24) is 30.3 Å². The summed E-state index contributed by atoms with van der Waals surface area (Å²) in [5.41, 5.74) is 4.22. The van der Waals surface area contributed by atoms with Gasteiger partial charge in [0.15, 0.2) is 0 Å². The fourth-order valence-corrected chi connectivity index (χ4v) is 6.34. The van der Waals surface area contributed by atoms with E-state index in [9.17, 15) is 14.7 Å². The molecule has 2 saturated heterocycles. The standard InChI is InChI=1S/C33H37FN6O4/c1-20-16-21(10-13-35-20)31-25-17-22(6-8-28(25)37-38-31)32(42)36-23-7-9-29(33(43)39-14-11-24(41)12-15-39)40(18-23)19-26-27(34)4-3-5-30(26)44-2/h3-6,8,10,13,16-17,23-24,29,41H,7,9,11-12,14-15,18-19H2,1-2H3,(H,36,42)(H,37,38). The number of methoxy groups -OCH3 is 1. The lowest BCUT2D eigenvalue weighted by Crippen LogP contribution is -2.57. The molecule has 2 aliphatic rings. The zero-order valence-electron chi connectivity index (χ0n) is 24.9. The highest BCUT2D eigenvalue weighted by Gasteiger charge is 2.37. The van der Waals surface area contributed by atoms with Gasteiger partial charge in [-0.15, -0.1) is 0 Å². The van der Waals surface area contributed by atoms with Gasteiger partial charge in [-0.2, -0.15) is 5.10 Å². The fourth-order valence-electron chi connectivity index (χ4n) is 6.34. The van der Waals surface area contributed by atoms with Crippen LogP contribution >= 0.6 is 0 Å². The number of carbonyl (C=O) groups is 2.